The highest BCUT2D eigenvalue weighted by atomic mass is 19.1. The van der Waals surface area contributed by atoms with Gasteiger partial charge in [0.2, 0.25) is 0 Å². The lowest BCUT2D eigenvalue weighted by molar-refractivity contribution is -0.125. The van der Waals surface area contributed by atoms with Crippen molar-refractivity contribution in [3.05, 3.63) is 71.7 Å². The van der Waals surface area contributed by atoms with Crippen LogP contribution in [0, 0.1) is 17.1 Å². The van der Waals surface area contributed by atoms with Crippen LogP contribution in [0.4, 0.5) is 4.39 Å². The predicted octanol–water partition coefficient (Wildman–Crippen LogP) is 4.22. The van der Waals surface area contributed by atoms with Crippen molar-refractivity contribution in [3.8, 4) is 28.8 Å². The molecule has 0 bridgehead atoms. The van der Waals surface area contributed by atoms with E-state index in [9.17, 15) is 14.4 Å². The molecule has 2 aromatic carbocycles. The number of nitrogens with zero attached hydrogens (tertiary/aromatic N) is 4. The number of likely N-dealkylation sites (tertiary alicyclic amines) is 1. The zero-order chi connectivity index (χ0) is 21.8. The summed E-state index contributed by atoms with van der Waals surface area (Å²) in [6.07, 6.45) is 5.20. The van der Waals surface area contributed by atoms with Gasteiger partial charge in [-0.15, -0.1) is 0 Å². The van der Waals surface area contributed by atoms with Gasteiger partial charge in [-0.1, -0.05) is 12.1 Å². The van der Waals surface area contributed by atoms with E-state index in [2.05, 4.69) is 5.10 Å². The molecule has 0 saturated carbocycles. The highest BCUT2D eigenvalue weighted by Gasteiger charge is 2.22. The van der Waals surface area contributed by atoms with Gasteiger partial charge in [-0.2, -0.15) is 10.4 Å². The molecule has 0 atom stereocenters. The quantitative estimate of drug-likeness (QED) is 0.461. The van der Waals surface area contributed by atoms with Gasteiger partial charge in [0.1, 0.15) is 28.9 Å². The van der Waals surface area contributed by atoms with Crippen molar-refractivity contribution >= 4 is 12.0 Å². The molecule has 1 aliphatic rings. The largest absolute Gasteiger partial charge is 0.497 e. The van der Waals surface area contributed by atoms with Crippen molar-refractivity contribution in [2.75, 3.05) is 20.2 Å². The molecule has 156 valence electrons. The topological polar surface area (TPSA) is 71.1 Å². The number of benzene rings is 2. The third-order valence-electron chi connectivity index (χ3n) is 5.22. The second-order valence-corrected chi connectivity index (χ2v) is 7.26. The molecule has 7 heteroatoms. The third kappa shape index (κ3) is 4.33. The maximum Gasteiger partial charge on any atom is 0.264 e. The van der Waals surface area contributed by atoms with Gasteiger partial charge in [-0.3, -0.25) is 4.79 Å². The van der Waals surface area contributed by atoms with Gasteiger partial charge in [0.15, 0.2) is 0 Å². The predicted molar refractivity (Wildman–Crippen MR) is 115 cm³/mol. The van der Waals surface area contributed by atoms with Crippen molar-refractivity contribution < 1.29 is 13.9 Å². The van der Waals surface area contributed by atoms with Crippen molar-refractivity contribution in [2.24, 2.45) is 0 Å². The number of nitriles is 1. The first-order valence-corrected chi connectivity index (χ1v) is 10.00. The number of methoxy groups -OCH3 is 1. The lowest BCUT2D eigenvalue weighted by Gasteiger charge is -2.14. The molecule has 0 aliphatic carbocycles. The number of aromatic nitrogens is 2. The molecule has 31 heavy (non-hydrogen) atoms. The lowest BCUT2D eigenvalue weighted by Crippen LogP contribution is -2.28. The van der Waals surface area contributed by atoms with E-state index in [1.165, 1.54) is 12.1 Å². The van der Waals surface area contributed by atoms with E-state index >= 15 is 0 Å². The Balaban J connectivity index is 1.81. The number of rotatable bonds is 5. The molecular weight excluding hydrogens is 395 g/mol. The van der Waals surface area contributed by atoms with Crippen LogP contribution in [0.5, 0.6) is 5.75 Å². The van der Waals surface area contributed by atoms with Crippen molar-refractivity contribution in [2.45, 2.75) is 12.8 Å². The number of halogens is 1. The monoisotopic (exact) mass is 416 g/mol. The highest BCUT2D eigenvalue weighted by Crippen LogP contribution is 2.29. The second kappa shape index (κ2) is 8.84. The first-order chi connectivity index (χ1) is 15.1. The third-order valence-corrected chi connectivity index (χ3v) is 5.22. The van der Waals surface area contributed by atoms with Crippen molar-refractivity contribution in [1.29, 1.82) is 5.26 Å². The number of hydrogen-bond donors (Lipinski definition) is 0. The number of amides is 1. The zero-order valence-corrected chi connectivity index (χ0v) is 17.1. The Bertz CT molecular complexity index is 1170. The summed E-state index contributed by atoms with van der Waals surface area (Å²) < 4.78 is 20.3. The number of ether oxygens (including phenoxy) is 1. The summed E-state index contributed by atoms with van der Waals surface area (Å²) in [5.41, 5.74) is 2.70. The van der Waals surface area contributed by atoms with E-state index < -0.39 is 0 Å². The second-order valence-electron chi connectivity index (χ2n) is 7.26. The van der Waals surface area contributed by atoms with Gasteiger partial charge in [0.05, 0.1) is 12.8 Å². The van der Waals surface area contributed by atoms with E-state index in [0.717, 1.165) is 18.4 Å². The molecule has 1 aliphatic heterocycles. The highest BCUT2D eigenvalue weighted by molar-refractivity contribution is 6.02. The molecule has 1 aromatic heterocycles. The fourth-order valence-electron chi connectivity index (χ4n) is 3.60. The smallest absolute Gasteiger partial charge is 0.264 e. The van der Waals surface area contributed by atoms with Crippen LogP contribution in [0.2, 0.25) is 0 Å². The Labute approximate surface area is 179 Å². The van der Waals surface area contributed by atoms with Crippen LogP contribution in [0.1, 0.15) is 18.4 Å². The lowest BCUT2D eigenvalue weighted by atomic mass is 10.1. The van der Waals surface area contributed by atoms with Crippen LogP contribution in [0.25, 0.3) is 23.0 Å². The molecular formula is C24H21FN4O2. The minimum atomic E-state index is -0.341. The van der Waals surface area contributed by atoms with Crippen LogP contribution in [0.3, 0.4) is 0 Å². The van der Waals surface area contributed by atoms with Gasteiger partial charge >= 0.3 is 0 Å². The van der Waals surface area contributed by atoms with Crippen LogP contribution in [0.15, 0.2) is 60.3 Å². The van der Waals surface area contributed by atoms with Crippen LogP contribution < -0.4 is 4.74 Å². The molecule has 1 amide bonds. The Morgan fingerprint density at radius 2 is 1.94 bits per heavy atom. The molecule has 6 nitrogen and oxygen atoms in total. The minimum Gasteiger partial charge on any atom is -0.497 e. The SMILES string of the molecule is COc1cccc(-c2nn(-c3ccc(F)cc3)cc2/C=C(\C#N)C(=O)N2CCCC2)c1. The maximum atomic E-state index is 13.4. The van der Waals surface area contributed by atoms with E-state index in [-0.39, 0.29) is 17.3 Å². The molecule has 4 rings (SSSR count). The van der Waals surface area contributed by atoms with Gasteiger partial charge < -0.3 is 9.64 Å². The summed E-state index contributed by atoms with van der Waals surface area (Å²) in [4.78, 5) is 14.5. The first kappa shape index (κ1) is 20.4. The molecule has 1 fully saturated rings. The Morgan fingerprint density at radius 1 is 1.19 bits per heavy atom. The van der Waals surface area contributed by atoms with Crippen molar-refractivity contribution in [3.63, 3.8) is 0 Å². The van der Waals surface area contributed by atoms with Gasteiger partial charge in [0, 0.05) is 30.4 Å². The van der Waals surface area contributed by atoms with Crippen LogP contribution >= 0.6 is 0 Å². The number of carbonyl (C=O) groups excluding carboxylic acids is 1. The average molecular weight is 416 g/mol. The van der Waals surface area contributed by atoms with Crippen LogP contribution in [-0.2, 0) is 4.79 Å². The molecule has 0 unspecified atom stereocenters. The average Bonchev–Trinajstić information content (AvgIpc) is 3.48. The summed E-state index contributed by atoms with van der Waals surface area (Å²) in [6, 6.07) is 15.4. The first-order valence-electron chi connectivity index (χ1n) is 10.00. The number of carbonyl (C=O) groups is 1. The summed E-state index contributed by atoms with van der Waals surface area (Å²) in [7, 11) is 1.58. The fourth-order valence-corrected chi connectivity index (χ4v) is 3.60. The van der Waals surface area contributed by atoms with Gasteiger partial charge in [0.25, 0.3) is 5.91 Å². The van der Waals surface area contributed by atoms with Gasteiger partial charge in [-0.25, -0.2) is 9.07 Å². The molecule has 0 spiro atoms. The van der Waals surface area contributed by atoms with E-state index in [4.69, 9.17) is 4.74 Å². The van der Waals surface area contributed by atoms with Crippen molar-refractivity contribution in [1.82, 2.24) is 14.7 Å². The Kier molecular flexibility index (Phi) is 5.80. The van der Waals surface area contributed by atoms with Gasteiger partial charge in [-0.05, 0) is 55.3 Å². The van der Waals surface area contributed by atoms with E-state index in [1.807, 2.05) is 30.3 Å². The fraction of sp³-hybridized carbons (Fsp3) is 0.208. The summed E-state index contributed by atoms with van der Waals surface area (Å²) in [5.74, 6) is 0.0514. The minimum absolute atomic E-state index is 0.0599. The molecule has 0 radical (unpaired) electrons. The summed E-state index contributed by atoms with van der Waals surface area (Å²) >= 11 is 0. The van der Waals surface area contributed by atoms with E-state index in [1.54, 1.807) is 41.1 Å². The normalized spacial score (nSPS) is 13.8. The maximum absolute atomic E-state index is 13.4. The molecule has 2 heterocycles. The number of hydrogen-bond acceptors (Lipinski definition) is 4. The Hall–Kier alpha value is -3.92. The van der Waals surface area contributed by atoms with E-state index in [0.29, 0.717) is 35.8 Å². The van der Waals surface area contributed by atoms with Crippen LogP contribution in [-0.4, -0.2) is 40.8 Å². The molecule has 3 aromatic rings. The molecule has 1 saturated heterocycles. The zero-order valence-electron chi connectivity index (χ0n) is 17.1. The Morgan fingerprint density at radius 3 is 2.61 bits per heavy atom. The molecule has 0 N–H and O–H groups in total. The summed E-state index contributed by atoms with van der Waals surface area (Å²) in [5, 5.41) is 14.3. The summed E-state index contributed by atoms with van der Waals surface area (Å²) in [6.45, 7) is 1.32. The standard InChI is InChI=1S/C24H21FN4O2/c1-31-22-6-4-5-17(14-22)23-19(13-18(15-26)24(30)28-11-2-3-12-28)16-29(27-23)21-9-7-20(25)8-10-21/h4-10,13-14,16H,2-3,11-12H2,1H3/b18-13+.